The van der Waals surface area contributed by atoms with Crippen LogP contribution in [0.25, 0.3) is 11.0 Å². The Balaban J connectivity index is 1.97. The summed E-state index contributed by atoms with van der Waals surface area (Å²) in [6.07, 6.45) is 3.72. The lowest BCUT2D eigenvalue weighted by Crippen LogP contribution is -2.37. The predicted molar refractivity (Wildman–Crippen MR) is 87.0 cm³/mol. The van der Waals surface area contributed by atoms with E-state index in [0.29, 0.717) is 12.0 Å². The molecule has 112 valence electrons. The highest BCUT2D eigenvalue weighted by Crippen LogP contribution is 2.45. The minimum atomic E-state index is 0.161. The van der Waals surface area contributed by atoms with Crippen molar-refractivity contribution >= 4 is 22.6 Å². The lowest BCUT2D eigenvalue weighted by Gasteiger charge is -2.32. The molecule has 2 heterocycles. The molecule has 0 radical (unpaired) electrons. The van der Waals surface area contributed by atoms with Crippen LogP contribution >= 0.6 is 11.6 Å². The van der Waals surface area contributed by atoms with Crippen LogP contribution in [0.2, 0.25) is 5.02 Å². The zero-order valence-corrected chi connectivity index (χ0v) is 13.5. The van der Waals surface area contributed by atoms with E-state index in [1.807, 2.05) is 6.07 Å². The Hall–Kier alpha value is -1.06. The molecule has 1 atom stereocenters. The van der Waals surface area contributed by atoms with Crippen molar-refractivity contribution in [1.29, 1.82) is 0 Å². The average molecular weight is 304 g/mol. The molecule has 0 spiro atoms. The topological polar surface area (TPSA) is 29.9 Å². The molecule has 3 nitrogen and oxygen atoms in total. The summed E-state index contributed by atoms with van der Waals surface area (Å²) in [6, 6.07) is 6.73. The summed E-state index contributed by atoms with van der Waals surface area (Å²) < 4.78 is 2.49. The summed E-state index contributed by atoms with van der Waals surface area (Å²) in [5, 5.41) is 4.36. The number of halogens is 1. The van der Waals surface area contributed by atoms with E-state index in [9.17, 15) is 0 Å². The van der Waals surface area contributed by atoms with E-state index >= 15 is 0 Å². The standard InChI is InChI=1S/C17H22ClN3/c1-11(2)17(7-8-19-10-17)16-20-14-6-3-12(18)9-15(14)21(16)13-4-5-13/h3,6,9,11,13,19H,4-5,7-8,10H2,1-2H3. The number of imidazole rings is 1. The Morgan fingerprint density at radius 1 is 1.38 bits per heavy atom. The van der Waals surface area contributed by atoms with Gasteiger partial charge in [-0.25, -0.2) is 4.98 Å². The third kappa shape index (κ3) is 2.01. The molecule has 1 saturated carbocycles. The molecule has 1 aliphatic heterocycles. The minimum absolute atomic E-state index is 0.161. The third-order valence-electron chi connectivity index (χ3n) is 5.30. The van der Waals surface area contributed by atoms with Gasteiger partial charge < -0.3 is 9.88 Å². The van der Waals surface area contributed by atoms with Crippen LogP contribution in [0.3, 0.4) is 0 Å². The van der Waals surface area contributed by atoms with Gasteiger partial charge in [0, 0.05) is 23.0 Å². The first-order chi connectivity index (χ1) is 10.1. The van der Waals surface area contributed by atoms with Gasteiger partial charge in [-0.05, 0) is 49.9 Å². The van der Waals surface area contributed by atoms with Crippen LogP contribution in [-0.4, -0.2) is 22.6 Å². The lowest BCUT2D eigenvalue weighted by atomic mass is 9.75. The van der Waals surface area contributed by atoms with E-state index in [1.54, 1.807) is 0 Å². The van der Waals surface area contributed by atoms with E-state index in [1.165, 1.54) is 30.6 Å². The van der Waals surface area contributed by atoms with Gasteiger partial charge in [-0.15, -0.1) is 0 Å². The molecule has 1 aromatic carbocycles. The number of rotatable bonds is 3. The fraction of sp³-hybridized carbons (Fsp3) is 0.588. The number of fused-ring (bicyclic) bond motifs is 1. The molecule has 21 heavy (non-hydrogen) atoms. The second kappa shape index (κ2) is 4.72. The highest BCUT2D eigenvalue weighted by atomic mass is 35.5. The lowest BCUT2D eigenvalue weighted by molar-refractivity contribution is 0.307. The monoisotopic (exact) mass is 303 g/mol. The van der Waals surface area contributed by atoms with Crippen LogP contribution in [0.5, 0.6) is 0 Å². The molecular formula is C17H22ClN3. The van der Waals surface area contributed by atoms with E-state index in [0.717, 1.165) is 23.6 Å². The van der Waals surface area contributed by atoms with Crippen LogP contribution in [0.4, 0.5) is 0 Å². The first-order valence-corrected chi connectivity index (χ1v) is 8.38. The van der Waals surface area contributed by atoms with Crippen LogP contribution in [0.1, 0.15) is 45.0 Å². The Bertz CT molecular complexity index is 679. The van der Waals surface area contributed by atoms with E-state index < -0.39 is 0 Å². The number of benzene rings is 1. The quantitative estimate of drug-likeness (QED) is 0.931. The summed E-state index contributed by atoms with van der Waals surface area (Å²) in [4.78, 5) is 5.05. The van der Waals surface area contributed by atoms with Crippen molar-refractivity contribution in [2.45, 2.75) is 44.6 Å². The SMILES string of the molecule is CC(C)C1(c2nc3ccc(Cl)cc3n2C2CC2)CCNC1. The van der Waals surface area contributed by atoms with Crippen molar-refractivity contribution in [2.24, 2.45) is 5.92 Å². The summed E-state index contributed by atoms with van der Waals surface area (Å²) >= 11 is 6.23. The largest absolute Gasteiger partial charge is 0.324 e. The van der Waals surface area contributed by atoms with Gasteiger partial charge in [0.1, 0.15) is 5.82 Å². The smallest absolute Gasteiger partial charge is 0.117 e. The third-order valence-corrected chi connectivity index (χ3v) is 5.54. The summed E-state index contributed by atoms with van der Waals surface area (Å²) in [5.41, 5.74) is 2.47. The molecule has 4 heteroatoms. The fourth-order valence-corrected chi connectivity index (χ4v) is 3.94. The maximum atomic E-state index is 6.23. The molecule has 1 saturated heterocycles. The van der Waals surface area contributed by atoms with Crippen molar-refractivity contribution in [1.82, 2.24) is 14.9 Å². The molecule has 1 aromatic heterocycles. The molecule has 0 amide bonds. The van der Waals surface area contributed by atoms with Crippen molar-refractivity contribution in [2.75, 3.05) is 13.1 Å². The first kappa shape index (κ1) is 13.6. The molecule has 1 unspecified atom stereocenters. The van der Waals surface area contributed by atoms with Crippen molar-refractivity contribution in [3.8, 4) is 0 Å². The predicted octanol–water partition coefficient (Wildman–Crippen LogP) is 3.91. The van der Waals surface area contributed by atoms with Gasteiger partial charge in [-0.1, -0.05) is 25.4 Å². The van der Waals surface area contributed by atoms with E-state index in [-0.39, 0.29) is 5.41 Å². The number of aromatic nitrogens is 2. The van der Waals surface area contributed by atoms with E-state index in [2.05, 4.69) is 35.9 Å². The second-order valence-electron chi connectivity index (χ2n) is 6.91. The molecule has 1 N–H and O–H groups in total. The molecule has 1 aliphatic carbocycles. The van der Waals surface area contributed by atoms with Crippen LogP contribution in [0.15, 0.2) is 18.2 Å². The van der Waals surface area contributed by atoms with Crippen LogP contribution < -0.4 is 5.32 Å². The van der Waals surface area contributed by atoms with Crippen LogP contribution in [0, 0.1) is 5.92 Å². The highest BCUT2D eigenvalue weighted by molar-refractivity contribution is 6.31. The maximum Gasteiger partial charge on any atom is 0.117 e. The minimum Gasteiger partial charge on any atom is -0.324 e. The van der Waals surface area contributed by atoms with Gasteiger partial charge in [0.25, 0.3) is 0 Å². The van der Waals surface area contributed by atoms with Crippen molar-refractivity contribution < 1.29 is 0 Å². The van der Waals surface area contributed by atoms with Gasteiger partial charge >= 0.3 is 0 Å². The molecule has 0 bridgehead atoms. The van der Waals surface area contributed by atoms with Gasteiger partial charge in [0.15, 0.2) is 0 Å². The Labute approximate surface area is 130 Å². The zero-order chi connectivity index (χ0) is 14.6. The van der Waals surface area contributed by atoms with Crippen molar-refractivity contribution in [3.63, 3.8) is 0 Å². The Kier molecular flexibility index (Phi) is 3.05. The number of nitrogens with one attached hydrogen (secondary N) is 1. The Morgan fingerprint density at radius 3 is 2.81 bits per heavy atom. The molecule has 2 aromatic rings. The van der Waals surface area contributed by atoms with Gasteiger partial charge in [0.05, 0.1) is 11.0 Å². The fourth-order valence-electron chi connectivity index (χ4n) is 3.77. The molecule has 2 aliphatic rings. The maximum absolute atomic E-state index is 6.23. The first-order valence-electron chi connectivity index (χ1n) is 8.00. The van der Waals surface area contributed by atoms with Gasteiger partial charge in [0.2, 0.25) is 0 Å². The van der Waals surface area contributed by atoms with Crippen LogP contribution in [-0.2, 0) is 5.41 Å². The second-order valence-corrected chi connectivity index (χ2v) is 7.34. The normalized spacial score (nSPS) is 26.1. The number of hydrogen-bond acceptors (Lipinski definition) is 2. The zero-order valence-electron chi connectivity index (χ0n) is 12.7. The molecular weight excluding hydrogens is 282 g/mol. The average Bonchev–Trinajstić information content (AvgIpc) is 3.03. The highest BCUT2D eigenvalue weighted by Gasteiger charge is 2.44. The van der Waals surface area contributed by atoms with Crippen molar-refractivity contribution in [3.05, 3.63) is 29.0 Å². The molecule has 2 fully saturated rings. The van der Waals surface area contributed by atoms with Gasteiger partial charge in [-0.3, -0.25) is 0 Å². The summed E-state index contributed by atoms with van der Waals surface area (Å²) in [5.74, 6) is 1.86. The number of hydrogen-bond donors (Lipinski definition) is 1. The Morgan fingerprint density at radius 2 is 2.19 bits per heavy atom. The summed E-state index contributed by atoms with van der Waals surface area (Å²) in [7, 11) is 0. The van der Waals surface area contributed by atoms with Gasteiger partial charge in [-0.2, -0.15) is 0 Å². The molecule has 4 rings (SSSR count). The van der Waals surface area contributed by atoms with E-state index in [4.69, 9.17) is 16.6 Å². The summed E-state index contributed by atoms with van der Waals surface area (Å²) in [6.45, 7) is 6.79. The number of nitrogens with zero attached hydrogens (tertiary/aromatic N) is 2.